The maximum absolute atomic E-state index is 12.0. The minimum absolute atomic E-state index is 0.0948. The van der Waals surface area contributed by atoms with E-state index < -0.39 is 16.0 Å². The fourth-order valence-electron chi connectivity index (χ4n) is 2.46. The van der Waals surface area contributed by atoms with Crippen LogP contribution in [0.15, 0.2) is 20.0 Å². The number of esters is 1. The van der Waals surface area contributed by atoms with E-state index in [4.69, 9.17) is 14.3 Å². The molecule has 1 saturated carbocycles. The van der Waals surface area contributed by atoms with E-state index in [1.807, 2.05) is 0 Å². The van der Waals surface area contributed by atoms with Crippen LogP contribution in [0.1, 0.15) is 43.7 Å². The average molecular weight is 380 g/mol. The smallest absolute Gasteiger partial charge is 0.374 e. The molecule has 1 fully saturated rings. The fourth-order valence-corrected chi connectivity index (χ4v) is 3.96. The molecule has 0 spiro atoms. The molecule has 3 atom stereocenters. The molecule has 0 radical (unpaired) electrons. The Kier molecular flexibility index (Phi) is 4.79. The topological polar surface area (TPSA) is 99.6 Å². The molecule has 1 aliphatic rings. The Bertz CT molecular complexity index is 639. The van der Waals surface area contributed by atoms with Crippen LogP contribution in [0.2, 0.25) is 0 Å². The first-order valence-electron chi connectivity index (χ1n) is 6.71. The molecule has 1 heterocycles. The third kappa shape index (κ3) is 3.87. The third-order valence-electron chi connectivity index (χ3n) is 3.99. The number of primary sulfonamides is 1. The van der Waals surface area contributed by atoms with Gasteiger partial charge in [0.15, 0.2) is 4.67 Å². The van der Waals surface area contributed by atoms with Crippen molar-refractivity contribution in [3.63, 3.8) is 0 Å². The van der Waals surface area contributed by atoms with Crippen LogP contribution in [0.4, 0.5) is 0 Å². The van der Waals surface area contributed by atoms with Crippen molar-refractivity contribution < 1.29 is 22.4 Å². The lowest BCUT2D eigenvalue weighted by Crippen LogP contribution is -2.28. The molecule has 0 aromatic carbocycles. The first kappa shape index (κ1) is 16.5. The maximum atomic E-state index is 12.0. The summed E-state index contributed by atoms with van der Waals surface area (Å²) >= 11 is 2.93. The lowest BCUT2D eigenvalue weighted by molar-refractivity contribution is 0.00562. The van der Waals surface area contributed by atoms with Crippen LogP contribution in [0.5, 0.6) is 0 Å². The van der Waals surface area contributed by atoms with Crippen LogP contribution in [-0.2, 0) is 14.8 Å². The van der Waals surface area contributed by atoms with Crippen molar-refractivity contribution in [3.8, 4) is 0 Å². The van der Waals surface area contributed by atoms with Gasteiger partial charge in [0.05, 0.1) is 0 Å². The monoisotopic (exact) mass is 379 g/mol. The quantitative estimate of drug-likeness (QED) is 0.813. The van der Waals surface area contributed by atoms with Crippen molar-refractivity contribution in [1.82, 2.24) is 0 Å². The molecule has 0 bridgehead atoms. The highest BCUT2D eigenvalue weighted by molar-refractivity contribution is 9.10. The molecule has 2 N–H and O–H groups in total. The predicted octanol–water partition coefficient (Wildman–Crippen LogP) is 2.67. The highest BCUT2D eigenvalue weighted by atomic mass is 79.9. The highest BCUT2D eigenvalue weighted by Gasteiger charge is 2.29. The zero-order chi connectivity index (χ0) is 15.8. The van der Waals surface area contributed by atoms with E-state index in [0.29, 0.717) is 11.8 Å². The molecule has 0 aliphatic heterocycles. The van der Waals surface area contributed by atoms with E-state index in [1.54, 1.807) is 0 Å². The van der Waals surface area contributed by atoms with Gasteiger partial charge in [-0.1, -0.05) is 13.8 Å². The number of furan rings is 1. The second-order valence-electron chi connectivity index (χ2n) is 5.59. The van der Waals surface area contributed by atoms with Crippen LogP contribution in [0.3, 0.4) is 0 Å². The van der Waals surface area contributed by atoms with Gasteiger partial charge in [0.1, 0.15) is 11.0 Å². The van der Waals surface area contributed by atoms with Crippen LogP contribution in [-0.4, -0.2) is 20.5 Å². The predicted molar refractivity (Wildman–Crippen MR) is 79.2 cm³/mol. The average Bonchev–Trinajstić information content (AvgIpc) is 2.76. The van der Waals surface area contributed by atoms with Gasteiger partial charge in [-0.2, -0.15) is 0 Å². The third-order valence-corrected chi connectivity index (χ3v) is 5.75. The molecular formula is C13H18BrNO5S. The molecule has 3 unspecified atom stereocenters. The van der Waals surface area contributed by atoms with E-state index in [-0.39, 0.29) is 21.4 Å². The summed E-state index contributed by atoms with van der Waals surface area (Å²) in [5.74, 6) is 0.265. The van der Waals surface area contributed by atoms with Crippen molar-refractivity contribution in [2.45, 2.75) is 44.1 Å². The molecule has 0 saturated heterocycles. The Morgan fingerprint density at radius 3 is 2.57 bits per heavy atom. The summed E-state index contributed by atoms with van der Waals surface area (Å²) in [7, 11) is -3.94. The molecule has 21 heavy (non-hydrogen) atoms. The molecule has 118 valence electrons. The standard InChI is InChI=1S/C13H18BrNO5S/c1-7-3-4-9(5-8(7)2)19-13(16)10-6-11(12(14)20-10)21(15,17)18/h6-9H,3-5H2,1-2H3,(H2,15,17,18). The van der Waals surface area contributed by atoms with Gasteiger partial charge >= 0.3 is 5.97 Å². The number of hydrogen-bond acceptors (Lipinski definition) is 5. The number of rotatable bonds is 3. The zero-order valence-corrected chi connectivity index (χ0v) is 14.2. The second kappa shape index (κ2) is 6.10. The summed E-state index contributed by atoms with van der Waals surface area (Å²) in [5, 5.41) is 5.02. The van der Waals surface area contributed by atoms with E-state index >= 15 is 0 Å². The number of hydrogen-bond donors (Lipinski definition) is 1. The highest BCUT2D eigenvalue weighted by Crippen LogP contribution is 2.32. The fraction of sp³-hybridized carbons (Fsp3) is 0.615. The summed E-state index contributed by atoms with van der Waals surface area (Å²) in [4.78, 5) is 11.8. The Hall–Kier alpha value is -0.860. The van der Waals surface area contributed by atoms with Gasteiger partial charge in [-0.3, -0.25) is 0 Å². The molecule has 0 amide bonds. The number of ether oxygens (including phenoxy) is 1. The number of halogens is 1. The molecule has 2 rings (SSSR count). The van der Waals surface area contributed by atoms with Crippen molar-refractivity contribution in [3.05, 3.63) is 16.5 Å². The summed E-state index contributed by atoms with van der Waals surface area (Å²) < 4.78 is 33.0. The number of nitrogens with two attached hydrogens (primary N) is 1. The SMILES string of the molecule is CC1CCC(OC(=O)c2cc(S(N)(=O)=O)c(Br)o2)CC1C. The van der Waals surface area contributed by atoms with Gasteiger partial charge in [-0.05, 0) is 47.0 Å². The normalized spacial score (nSPS) is 26.6. The van der Waals surface area contributed by atoms with Gasteiger partial charge in [-0.15, -0.1) is 0 Å². The van der Waals surface area contributed by atoms with E-state index in [0.717, 1.165) is 25.3 Å². The van der Waals surface area contributed by atoms with Gasteiger partial charge in [0.2, 0.25) is 15.8 Å². The second-order valence-corrected chi connectivity index (χ2v) is 7.84. The van der Waals surface area contributed by atoms with Gasteiger partial charge in [0, 0.05) is 6.07 Å². The maximum Gasteiger partial charge on any atom is 0.374 e. The van der Waals surface area contributed by atoms with Gasteiger partial charge in [-0.25, -0.2) is 18.4 Å². The van der Waals surface area contributed by atoms with Crippen molar-refractivity contribution >= 4 is 31.9 Å². The zero-order valence-electron chi connectivity index (χ0n) is 11.8. The van der Waals surface area contributed by atoms with Crippen LogP contribution in [0.25, 0.3) is 0 Å². The lowest BCUT2D eigenvalue weighted by Gasteiger charge is -2.31. The summed E-state index contributed by atoms with van der Waals surface area (Å²) in [5.41, 5.74) is 0. The van der Waals surface area contributed by atoms with Crippen molar-refractivity contribution in [2.24, 2.45) is 17.0 Å². The first-order chi connectivity index (χ1) is 9.68. The van der Waals surface area contributed by atoms with E-state index in [2.05, 4.69) is 29.8 Å². The molecule has 1 aromatic rings. The molecule has 1 aromatic heterocycles. The molecule has 1 aliphatic carbocycles. The number of carbonyl (C=O) groups excluding carboxylic acids is 1. The Balaban J connectivity index is 2.08. The number of carbonyl (C=O) groups is 1. The van der Waals surface area contributed by atoms with Crippen LogP contribution in [0, 0.1) is 11.8 Å². The van der Waals surface area contributed by atoms with E-state index in [1.165, 1.54) is 0 Å². The van der Waals surface area contributed by atoms with Gasteiger partial charge < -0.3 is 9.15 Å². The summed E-state index contributed by atoms with van der Waals surface area (Å²) in [6.07, 6.45) is 2.45. The van der Waals surface area contributed by atoms with Crippen molar-refractivity contribution in [2.75, 3.05) is 0 Å². The first-order valence-corrected chi connectivity index (χ1v) is 9.05. The summed E-state index contributed by atoms with van der Waals surface area (Å²) in [6, 6.07) is 1.08. The lowest BCUT2D eigenvalue weighted by atomic mass is 9.80. The Labute approximate surface area is 132 Å². The number of sulfonamides is 1. The minimum Gasteiger partial charge on any atom is -0.457 e. The Morgan fingerprint density at radius 2 is 2.05 bits per heavy atom. The summed E-state index contributed by atoms with van der Waals surface area (Å²) in [6.45, 7) is 4.32. The molecular weight excluding hydrogens is 362 g/mol. The van der Waals surface area contributed by atoms with Crippen molar-refractivity contribution in [1.29, 1.82) is 0 Å². The van der Waals surface area contributed by atoms with Gasteiger partial charge in [0.25, 0.3) is 0 Å². The van der Waals surface area contributed by atoms with Crippen LogP contribution >= 0.6 is 15.9 Å². The van der Waals surface area contributed by atoms with Crippen LogP contribution < -0.4 is 5.14 Å². The Morgan fingerprint density at radius 1 is 1.38 bits per heavy atom. The minimum atomic E-state index is -3.94. The molecule has 8 heteroatoms. The largest absolute Gasteiger partial charge is 0.457 e. The molecule has 6 nitrogen and oxygen atoms in total. The van der Waals surface area contributed by atoms with E-state index in [9.17, 15) is 13.2 Å².